The maximum Gasteiger partial charge on any atom is 0.285 e. The van der Waals surface area contributed by atoms with Gasteiger partial charge in [0.2, 0.25) is 0 Å². The lowest BCUT2D eigenvalue weighted by Gasteiger charge is -2.10. The van der Waals surface area contributed by atoms with Crippen LogP contribution in [-0.2, 0) is 7.05 Å². The zero-order chi connectivity index (χ0) is 17.6. The molecule has 0 unspecified atom stereocenters. The molecule has 7 nitrogen and oxygen atoms in total. The van der Waals surface area contributed by atoms with Crippen LogP contribution < -0.4 is 11.3 Å². The zero-order valence-corrected chi connectivity index (χ0v) is 13.8. The van der Waals surface area contributed by atoms with E-state index in [4.69, 9.17) is 5.84 Å². The van der Waals surface area contributed by atoms with E-state index in [1.165, 1.54) is 0 Å². The van der Waals surface area contributed by atoms with E-state index < -0.39 is 5.91 Å². The number of nitrogen functional groups attached to an aromatic ring is 1. The second kappa shape index (κ2) is 5.64. The fraction of sp³-hybridized carbons (Fsp3) is 0.111. The van der Waals surface area contributed by atoms with Crippen molar-refractivity contribution in [1.29, 1.82) is 0 Å². The summed E-state index contributed by atoms with van der Waals surface area (Å²) in [4.78, 5) is 11.7. The summed E-state index contributed by atoms with van der Waals surface area (Å²) >= 11 is 0. The Morgan fingerprint density at radius 2 is 1.96 bits per heavy atom. The molecular formula is C18H16N6O. The number of nitrogens with zero attached hydrogens (tertiary/aromatic N) is 4. The van der Waals surface area contributed by atoms with Crippen LogP contribution in [0, 0.1) is 6.92 Å². The zero-order valence-electron chi connectivity index (χ0n) is 13.8. The standard InChI is InChI=1S/C18H16N6O/c1-10-6-12-9-20-24(2)16(12)8-14(10)13-5-3-4-11-7-15(18(25)21-19)22-23-17(11)13/h3-9H,19H2,1-2H3,(H,21,25). The van der Waals surface area contributed by atoms with Gasteiger partial charge in [-0.05, 0) is 36.2 Å². The molecule has 0 atom stereocenters. The fourth-order valence-electron chi connectivity index (χ4n) is 3.08. The van der Waals surface area contributed by atoms with Crippen LogP contribution in [0.1, 0.15) is 16.1 Å². The molecule has 3 N–H and O–H groups in total. The number of carbonyl (C=O) groups is 1. The predicted molar refractivity (Wildman–Crippen MR) is 95.6 cm³/mol. The SMILES string of the molecule is Cc1cc2cnn(C)c2cc1-c1cccc2cc(C(=O)NN)nnc12. The van der Waals surface area contributed by atoms with Crippen molar-refractivity contribution in [3.63, 3.8) is 0 Å². The summed E-state index contributed by atoms with van der Waals surface area (Å²) in [5.41, 5.74) is 7.19. The molecular weight excluding hydrogens is 316 g/mol. The number of benzene rings is 2. The molecule has 0 aliphatic heterocycles. The minimum absolute atomic E-state index is 0.186. The van der Waals surface area contributed by atoms with E-state index in [0.29, 0.717) is 0 Å². The molecule has 2 heterocycles. The third-order valence-electron chi connectivity index (χ3n) is 4.36. The van der Waals surface area contributed by atoms with Crippen molar-refractivity contribution in [3.8, 4) is 11.1 Å². The van der Waals surface area contributed by atoms with E-state index >= 15 is 0 Å². The van der Waals surface area contributed by atoms with Crippen molar-refractivity contribution in [1.82, 2.24) is 25.4 Å². The number of rotatable bonds is 2. The van der Waals surface area contributed by atoms with Gasteiger partial charge in [0.15, 0.2) is 5.69 Å². The molecule has 124 valence electrons. The molecule has 7 heteroatoms. The Morgan fingerprint density at radius 1 is 1.12 bits per heavy atom. The van der Waals surface area contributed by atoms with Gasteiger partial charge >= 0.3 is 0 Å². The summed E-state index contributed by atoms with van der Waals surface area (Å²) in [6.45, 7) is 2.06. The quantitative estimate of drug-likeness (QED) is 0.333. The normalized spacial score (nSPS) is 11.2. The Morgan fingerprint density at radius 3 is 2.76 bits per heavy atom. The van der Waals surface area contributed by atoms with Crippen molar-refractivity contribution < 1.29 is 4.79 Å². The molecule has 1 amide bonds. The van der Waals surface area contributed by atoms with Crippen LogP contribution >= 0.6 is 0 Å². The molecule has 4 rings (SSSR count). The van der Waals surface area contributed by atoms with Gasteiger partial charge in [0.1, 0.15) is 5.52 Å². The van der Waals surface area contributed by atoms with Crippen molar-refractivity contribution in [2.75, 3.05) is 0 Å². The van der Waals surface area contributed by atoms with Crippen LogP contribution in [0.2, 0.25) is 0 Å². The van der Waals surface area contributed by atoms with E-state index in [1.54, 1.807) is 6.07 Å². The molecule has 0 fully saturated rings. The van der Waals surface area contributed by atoms with E-state index in [1.807, 2.05) is 36.1 Å². The summed E-state index contributed by atoms with van der Waals surface area (Å²) in [6.07, 6.45) is 1.85. The number of amides is 1. The number of carbonyl (C=O) groups excluding carboxylic acids is 1. The summed E-state index contributed by atoms with van der Waals surface area (Å²) in [7, 11) is 1.92. The Kier molecular flexibility index (Phi) is 3.43. The number of fused-ring (bicyclic) bond motifs is 2. The van der Waals surface area contributed by atoms with Crippen LogP contribution in [0.4, 0.5) is 0 Å². The molecule has 0 saturated heterocycles. The van der Waals surface area contributed by atoms with Crippen LogP contribution in [-0.4, -0.2) is 25.9 Å². The molecule has 2 aromatic carbocycles. The summed E-state index contributed by atoms with van der Waals surface area (Å²) in [5.74, 6) is 4.70. The molecule has 2 aromatic heterocycles. The second-order valence-electron chi connectivity index (χ2n) is 5.94. The Bertz CT molecular complexity index is 1130. The van der Waals surface area contributed by atoms with Gasteiger partial charge in [-0.2, -0.15) is 5.10 Å². The predicted octanol–water partition coefficient (Wildman–Crippen LogP) is 2.10. The first kappa shape index (κ1) is 15.2. The molecule has 0 aliphatic carbocycles. The largest absolute Gasteiger partial charge is 0.289 e. The van der Waals surface area contributed by atoms with Gasteiger partial charge in [0.25, 0.3) is 5.91 Å². The third kappa shape index (κ3) is 2.41. The van der Waals surface area contributed by atoms with Gasteiger partial charge in [0, 0.05) is 23.4 Å². The maximum atomic E-state index is 11.7. The highest BCUT2D eigenvalue weighted by molar-refractivity contribution is 6.00. The maximum absolute atomic E-state index is 11.7. The number of aryl methyl sites for hydroxylation is 2. The van der Waals surface area contributed by atoms with Crippen LogP contribution in [0.3, 0.4) is 0 Å². The van der Waals surface area contributed by atoms with Crippen LogP contribution in [0.25, 0.3) is 32.9 Å². The first-order chi connectivity index (χ1) is 12.1. The highest BCUT2D eigenvalue weighted by atomic mass is 16.2. The van der Waals surface area contributed by atoms with E-state index in [9.17, 15) is 4.79 Å². The Balaban J connectivity index is 1.96. The molecule has 0 aliphatic rings. The van der Waals surface area contributed by atoms with Crippen molar-refractivity contribution in [2.45, 2.75) is 6.92 Å². The molecule has 0 radical (unpaired) electrons. The fourth-order valence-corrected chi connectivity index (χ4v) is 3.08. The molecule has 0 bridgehead atoms. The van der Waals surface area contributed by atoms with Crippen LogP contribution in [0.5, 0.6) is 0 Å². The first-order valence-corrected chi connectivity index (χ1v) is 7.78. The summed E-state index contributed by atoms with van der Waals surface area (Å²) in [6, 6.07) is 11.8. The average molecular weight is 332 g/mol. The minimum Gasteiger partial charge on any atom is -0.289 e. The summed E-state index contributed by atoms with van der Waals surface area (Å²) in [5, 5.41) is 14.5. The smallest absolute Gasteiger partial charge is 0.285 e. The number of nitrogens with one attached hydrogen (secondary N) is 1. The molecule has 0 spiro atoms. The first-order valence-electron chi connectivity index (χ1n) is 7.78. The lowest BCUT2D eigenvalue weighted by molar-refractivity contribution is 0.0948. The number of aromatic nitrogens is 4. The van der Waals surface area contributed by atoms with Crippen LogP contribution in [0.15, 0.2) is 42.6 Å². The number of nitrogens with two attached hydrogens (primary N) is 1. The van der Waals surface area contributed by atoms with Gasteiger partial charge < -0.3 is 0 Å². The van der Waals surface area contributed by atoms with E-state index in [2.05, 4.69) is 39.8 Å². The lowest BCUT2D eigenvalue weighted by atomic mass is 9.96. The monoisotopic (exact) mass is 332 g/mol. The second-order valence-corrected chi connectivity index (χ2v) is 5.94. The van der Waals surface area contributed by atoms with Crippen molar-refractivity contribution in [2.24, 2.45) is 12.9 Å². The molecule has 4 aromatic rings. The van der Waals surface area contributed by atoms with Crippen molar-refractivity contribution in [3.05, 3.63) is 53.9 Å². The number of hydrogen-bond acceptors (Lipinski definition) is 5. The highest BCUT2D eigenvalue weighted by Gasteiger charge is 2.13. The number of hydrogen-bond donors (Lipinski definition) is 2. The molecule has 0 saturated carbocycles. The van der Waals surface area contributed by atoms with E-state index in [-0.39, 0.29) is 5.69 Å². The van der Waals surface area contributed by atoms with Gasteiger partial charge in [-0.15, -0.1) is 10.2 Å². The van der Waals surface area contributed by atoms with Crippen molar-refractivity contribution >= 4 is 27.7 Å². The summed E-state index contributed by atoms with van der Waals surface area (Å²) < 4.78 is 1.85. The Labute approximate surface area is 143 Å². The number of hydrazine groups is 1. The Hall–Kier alpha value is -3.32. The van der Waals surface area contributed by atoms with Gasteiger partial charge in [-0.25, -0.2) is 5.84 Å². The third-order valence-corrected chi connectivity index (χ3v) is 4.36. The van der Waals surface area contributed by atoms with Gasteiger partial charge in [-0.3, -0.25) is 14.9 Å². The average Bonchev–Trinajstić information content (AvgIpc) is 2.99. The topological polar surface area (TPSA) is 98.7 Å². The lowest BCUT2D eigenvalue weighted by Crippen LogP contribution is -2.30. The van der Waals surface area contributed by atoms with E-state index in [0.717, 1.165) is 38.5 Å². The van der Waals surface area contributed by atoms with Gasteiger partial charge in [-0.1, -0.05) is 18.2 Å². The minimum atomic E-state index is -0.465. The highest BCUT2D eigenvalue weighted by Crippen LogP contribution is 2.32. The molecule has 25 heavy (non-hydrogen) atoms. The van der Waals surface area contributed by atoms with Gasteiger partial charge in [0.05, 0.1) is 11.7 Å².